The number of halogens is 5. The number of benzene rings is 2. The molecule has 2 aromatic carbocycles. The van der Waals surface area contributed by atoms with Crippen molar-refractivity contribution < 1.29 is 70.8 Å². The largest absolute Gasteiger partial charge is 0.490 e. The second kappa shape index (κ2) is 20.5. The Morgan fingerprint density at radius 2 is 1.52 bits per heavy atom. The van der Waals surface area contributed by atoms with E-state index in [1.54, 1.807) is 12.3 Å². The Bertz CT molecular complexity index is 2080. The van der Waals surface area contributed by atoms with E-state index in [1.807, 2.05) is 55.7 Å². The van der Waals surface area contributed by atoms with Gasteiger partial charge in [-0.25, -0.2) is 18.4 Å². The SMILES string of the molecule is CC(C)(C)[C@H](c1cc(-c2cc(F)ccc2F)cn1Cc1ccccc1)N(CC[C@H](N)C(=O)N[C@H](CNC(=O)CN1C(=O)C=CC1=O)C(=O)O)C(=O)CO.O=C(O)C(F)(F)F. The number of nitrogens with two attached hydrogens (primary N) is 1. The van der Waals surface area contributed by atoms with E-state index in [4.69, 9.17) is 15.6 Å². The number of carboxylic acid groups (broad SMARTS) is 2. The number of alkyl halides is 3. The number of aliphatic hydroxyl groups excluding tert-OH is 1. The maximum Gasteiger partial charge on any atom is 0.490 e. The van der Waals surface area contributed by atoms with Gasteiger partial charge in [-0.15, -0.1) is 0 Å². The lowest BCUT2D eigenvalue weighted by molar-refractivity contribution is -0.192. The first-order valence-corrected chi connectivity index (χ1v) is 17.9. The third kappa shape index (κ3) is 13.3. The summed E-state index contributed by atoms with van der Waals surface area (Å²) in [4.78, 5) is 85.1. The quantitative estimate of drug-likeness (QED) is 0.0903. The van der Waals surface area contributed by atoms with Gasteiger partial charge in [0.15, 0.2) is 0 Å². The van der Waals surface area contributed by atoms with Crippen LogP contribution in [-0.2, 0) is 40.1 Å². The lowest BCUT2D eigenvalue weighted by atomic mass is 9.82. The molecule has 2 heterocycles. The lowest BCUT2D eigenvalue weighted by Gasteiger charge is -2.41. The van der Waals surface area contributed by atoms with Crippen LogP contribution in [0, 0.1) is 17.0 Å². The van der Waals surface area contributed by atoms with E-state index in [0.29, 0.717) is 16.2 Å². The Balaban J connectivity index is 0.00000126. The highest BCUT2D eigenvalue weighted by molar-refractivity contribution is 6.14. The fourth-order valence-corrected chi connectivity index (χ4v) is 5.99. The van der Waals surface area contributed by atoms with Crippen molar-refractivity contribution in [3.05, 3.63) is 95.8 Å². The van der Waals surface area contributed by atoms with Crippen LogP contribution >= 0.6 is 0 Å². The smallest absolute Gasteiger partial charge is 0.480 e. The van der Waals surface area contributed by atoms with Gasteiger partial charge < -0.3 is 41.2 Å². The van der Waals surface area contributed by atoms with Crippen LogP contribution in [0.2, 0.25) is 0 Å². The molecule has 21 heteroatoms. The molecule has 0 saturated carbocycles. The van der Waals surface area contributed by atoms with E-state index in [2.05, 4.69) is 10.6 Å². The highest BCUT2D eigenvalue weighted by Gasteiger charge is 2.39. The minimum atomic E-state index is -5.08. The molecule has 1 aliphatic heterocycles. The van der Waals surface area contributed by atoms with Gasteiger partial charge in [-0.2, -0.15) is 13.2 Å². The monoisotopic (exact) mass is 850 g/mol. The summed E-state index contributed by atoms with van der Waals surface area (Å²) in [5.74, 6) is -9.43. The minimum Gasteiger partial charge on any atom is -0.480 e. The van der Waals surface area contributed by atoms with Gasteiger partial charge in [-0.3, -0.25) is 28.9 Å². The molecule has 16 nitrogen and oxygen atoms in total. The molecule has 0 radical (unpaired) electrons. The molecule has 0 spiro atoms. The topological polar surface area (TPSA) is 242 Å². The molecule has 3 aromatic rings. The molecule has 1 aromatic heterocycles. The average Bonchev–Trinajstić information content (AvgIpc) is 3.72. The van der Waals surface area contributed by atoms with Crippen LogP contribution in [-0.4, -0.2) is 116 Å². The predicted octanol–water partition coefficient (Wildman–Crippen LogP) is 2.35. The van der Waals surface area contributed by atoms with Crippen LogP contribution in [0.4, 0.5) is 22.0 Å². The third-order valence-corrected chi connectivity index (χ3v) is 8.81. The number of aliphatic carboxylic acids is 2. The molecule has 0 unspecified atom stereocenters. The van der Waals surface area contributed by atoms with Crippen LogP contribution in [0.15, 0.2) is 72.9 Å². The standard InChI is InChI=1S/C37H42F2N6O8.C2HF3O2/c1-37(2,3)34(29-15-23(25-16-24(38)9-10-26(25)39)19-43(29)18-22-7-5-4-6-8-22)44(33(50)21-46)14-13-27(40)35(51)42-28(36(52)53)17-41-30(47)20-45-31(48)11-12-32(45)49;3-2(4,5)1(6)7/h4-12,15-16,19,27-28,34,46H,13-14,17-18,20-21,40H2,1-3H3,(H,41,47)(H,42,51)(H,52,53);(H,6,7)/t27-,28+,34-;/m0./s1. The molecule has 324 valence electrons. The van der Waals surface area contributed by atoms with Crippen molar-refractivity contribution in [3.8, 4) is 11.1 Å². The minimum absolute atomic E-state index is 0.00338. The summed E-state index contributed by atoms with van der Waals surface area (Å²) in [6, 6.07) is 10.3. The van der Waals surface area contributed by atoms with Gasteiger partial charge in [0.2, 0.25) is 17.7 Å². The summed E-state index contributed by atoms with van der Waals surface area (Å²) in [5, 5.41) is 31.4. The number of nitrogens with one attached hydrogen (secondary N) is 2. The molecule has 0 bridgehead atoms. The molecule has 60 heavy (non-hydrogen) atoms. The molecule has 0 aliphatic carbocycles. The van der Waals surface area contributed by atoms with Gasteiger partial charge in [0, 0.05) is 54.8 Å². The number of amides is 5. The first-order chi connectivity index (χ1) is 27.9. The van der Waals surface area contributed by atoms with E-state index in [-0.39, 0.29) is 25.1 Å². The Kier molecular flexibility index (Phi) is 16.3. The first-order valence-electron chi connectivity index (χ1n) is 17.9. The normalized spacial score (nSPS) is 14.1. The second-order valence-corrected chi connectivity index (χ2v) is 14.4. The van der Waals surface area contributed by atoms with Crippen LogP contribution in [0.3, 0.4) is 0 Å². The first kappa shape index (κ1) is 47.9. The molecule has 0 fully saturated rings. The summed E-state index contributed by atoms with van der Waals surface area (Å²) >= 11 is 0. The molecular weight excluding hydrogens is 807 g/mol. The predicted molar refractivity (Wildman–Crippen MR) is 201 cm³/mol. The van der Waals surface area contributed by atoms with Crippen molar-refractivity contribution in [3.63, 3.8) is 0 Å². The number of carbonyl (C=O) groups is 7. The number of aliphatic hydroxyl groups is 1. The molecule has 4 rings (SSSR count). The molecule has 3 atom stereocenters. The van der Waals surface area contributed by atoms with Gasteiger partial charge >= 0.3 is 18.1 Å². The average molecular weight is 851 g/mol. The van der Waals surface area contributed by atoms with Gasteiger partial charge in [-0.05, 0) is 41.7 Å². The zero-order valence-electron chi connectivity index (χ0n) is 32.4. The van der Waals surface area contributed by atoms with E-state index in [9.17, 15) is 56.5 Å². The van der Waals surface area contributed by atoms with Gasteiger partial charge in [-0.1, -0.05) is 51.1 Å². The van der Waals surface area contributed by atoms with Crippen molar-refractivity contribution in [2.24, 2.45) is 11.1 Å². The summed E-state index contributed by atoms with van der Waals surface area (Å²) in [6.07, 6.45) is -1.64. The van der Waals surface area contributed by atoms with E-state index >= 15 is 4.39 Å². The number of imide groups is 1. The number of rotatable bonds is 16. The van der Waals surface area contributed by atoms with Crippen molar-refractivity contribution in [1.29, 1.82) is 0 Å². The zero-order chi connectivity index (χ0) is 45.1. The van der Waals surface area contributed by atoms with Crippen LogP contribution in [0.1, 0.15) is 44.5 Å². The molecule has 1 aliphatic rings. The number of hydrogen-bond acceptors (Lipinski definition) is 9. The van der Waals surface area contributed by atoms with Crippen LogP contribution in [0.5, 0.6) is 0 Å². The van der Waals surface area contributed by atoms with Crippen molar-refractivity contribution in [2.75, 3.05) is 26.2 Å². The summed E-state index contributed by atoms with van der Waals surface area (Å²) < 4.78 is 62.8. The van der Waals surface area contributed by atoms with Crippen LogP contribution in [0.25, 0.3) is 11.1 Å². The maximum atomic E-state index is 15.0. The highest BCUT2D eigenvalue weighted by atomic mass is 19.4. The Labute approximate surface area is 339 Å². The number of hydrogen-bond donors (Lipinski definition) is 6. The van der Waals surface area contributed by atoms with Gasteiger partial charge in [0.1, 0.15) is 30.8 Å². The number of aromatic nitrogens is 1. The lowest BCUT2D eigenvalue weighted by Crippen LogP contribution is -2.54. The number of carboxylic acids is 2. The van der Waals surface area contributed by atoms with Gasteiger partial charge in [0.05, 0.1) is 12.1 Å². The Morgan fingerprint density at radius 3 is 2.05 bits per heavy atom. The zero-order valence-corrected chi connectivity index (χ0v) is 32.4. The summed E-state index contributed by atoms with van der Waals surface area (Å²) in [7, 11) is 0. The second-order valence-electron chi connectivity index (χ2n) is 14.4. The molecule has 0 saturated heterocycles. The van der Waals surface area contributed by atoms with Gasteiger partial charge in [0.25, 0.3) is 11.8 Å². The molecule has 5 amide bonds. The molecular formula is C39H43F5N6O10. The maximum absolute atomic E-state index is 15.0. The van der Waals surface area contributed by atoms with Crippen molar-refractivity contribution in [1.82, 2.24) is 25.0 Å². The van der Waals surface area contributed by atoms with Crippen molar-refractivity contribution >= 4 is 41.5 Å². The number of carbonyl (C=O) groups excluding carboxylic acids is 5. The van der Waals surface area contributed by atoms with Crippen LogP contribution < -0.4 is 16.4 Å². The molecule has 7 N–H and O–H groups in total. The highest BCUT2D eigenvalue weighted by Crippen LogP contribution is 2.41. The fraction of sp³-hybridized carbons (Fsp3) is 0.359. The summed E-state index contributed by atoms with van der Waals surface area (Å²) in [5.41, 5.74) is 7.18. The Morgan fingerprint density at radius 1 is 0.917 bits per heavy atom. The third-order valence-electron chi connectivity index (χ3n) is 8.81. The number of nitrogens with zero attached hydrogens (tertiary/aromatic N) is 3. The fourth-order valence-electron chi connectivity index (χ4n) is 5.99. The van der Waals surface area contributed by atoms with E-state index in [0.717, 1.165) is 35.9 Å². The van der Waals surface area contributed by atoms with E-state index in [1.165, 1.54) is 4.90 Å². The Hall–Kier alpha value is -6.48. The van der Waals surface area contributed by atoms with Crippen molar-refractivity contribution in [2.45, 2.75) is 58.0 Å². The van der Waals surface area contributed by atoms with E-state index < -0.39 is 103 Å². The summed E-state index contributed by atoms with van der Waals surface area (Å²) in [6.45, 7) is 3.51.